The van der Waals surface area contributed by atoms with Crippen molar-refractivity contribution >= 4 is 5.97 Å². The Balaban J connectivity index is 4.44. The predicted octanol–water partition coefficient (Wildman–Crippen LogP) is 7.72. The predicted molar refractivity (Wildman–Crippen MR) is 114 cm³/mol. The lowest BCUT2D eigenvalue weighted by Gasteiger charge is -2.19. The largest absolute Gasteiger partial charge is 0.462 e. The molecule has 0 aromatic carbocycles. The molecule has 3 atom stereocenters. The Morgan fingerprint density at radius 2 is 1.58 bits per heavy atom. The Kier molecular flexibility index (Phi) is 15.9. The summed E-state index contributed by atoms with van der Waals surface area (Å²) in [5, 5.41) is 0. The van der Waals surface area contributed by atoms with Gasteiger partial charge in [0.1, 0.15) is 0 Å². The second-order valence-corrected chi connectivity index (χ2v) is 8.28. The van der Waals surface area contributed by atoms with Gasteiger partial charge in [-0.1, -0.05) is 85.6 Å². The van der Waals surface area contributed by atoms with Crippen molar-refractivity contribution in [1.82, 2.24) is 0 Å². The number of ether oxygens (including phenoxy) is 1. The van der Waals surface area contributed by atoms with E-state index in [9.17, 15) is 4.79 Å². The fraction of sp³-hybridized carbons (Fsp3) is 0.875. The number of rotatable bonds is 16. The highest BCUT2D eigenvalue weighted by Crippen LogP contribution is 2.24. The van der Waals surface area contributed by atoms with Crippen LogP contribution in [0.3, 0.4) is 0 Å². The van der Waals surface area contributed by atoms with Crippen molar-refractivity contribution in [3.05, 3.63) is 11.6 Å². The third-order valence-electron chi connectivity index (χ3n) is 5.57. The molecule has 0 saturated heterocycles. The molecule has 154 valence electrons. The van der Waals surface area contributed by atoms with Gasteiger partial charge in [-0.3, -0.25) is 0 Å². The fourth-order valence-electron chi connectivity index (χ4n) is 3.61. The summed E-state index contributed by atoms with van der Waals surface area (Å²) in [6, 6.07) is 0. The normalized spacial score (nSPS) is 15.5. The smallest absolute Gasteiger partial charge is 0.333 e. The Morgan fingerprint density at radius 3 is 2.15 bits per heavy atom. The number of esters is 1. The van der Waals surface area contributed by atoms with E-state index in [1.54, 1.807) is 0 Å². The maximum atomic E-state index is 12.3. The SMILES string of the molecule is CCCCCC(CCC)COC(=O)C(C)=CCC(CCC)CC(C)CC. The summed E-state index contributed by atoms with van der Waals surface area (Å²) in [6.07, 6.45) is 15.4. The summed E-state index contributed by atoms with van der Waals surface area (Å²) in [5.74, 6) is 1.88. The molecule has 0 radical (unpaired) electrons. The van der Waals surface area contributed by atoms with Crippen LogP contribution >= 0.6 is 0 Å². The van der Waals surface area contributed by atoms with E-state index in [0.29, 0.717) is 18.4 Å². The number of unbranched alkanes of at least 4 members (excludes halogenated alkanes) is 2. The van der Waals surface area contributed by atoms with Crippen LogP contribution in [0.1, 0.15) is 112 Å². The summed E-state index contributed by atoms with van der Waals surface area (Å²) >= 11 is 0. The molecule has 3 unspecified atom stereocenters. The van der Waals surface area contributed by atoms with Crippen molar-refractivity contribution in [2.24, 2.45) is 17.8 Å². The van der Waals surface area contributed by atoms with Crippen molar-refractivity contribution in [3.63, 3.8) is 0 Å². The summed E-state index contributed by atoms with van der Waals surface area (Å²) in [4.78, 5) is 12.3. The highest BCUT2D eigenvalue weighted by Gasteiger charge is 2.14. The Bertz CT molecular complexity index is 372. The topological polar surface area (TPSA) is 26.3 Å². The van der Waals surface area contributed by atoms with Crippen LogP contribution in [0, 0.1) is 17.8 Å². The molecule has 0 aliphatic heterocycles. The Labute approximate surface area is 164 Å². The quantitative estimate of drug-likeness (QED) is 0.159. The average molecular weight is 367 g/mol. The van der Waals surface area contributed by atoms with E-state index in [1.807, 2.05) is 6.92 Å². The zero-order chi connectivity index (χ0) is 19.8. The molecule has 2 heteroatoms. The van der Waals surface area contributed by atoms with E-state index in [4.69, 9.17) is 4.74 Å². The van der Waals surface area contributed by atoms with E-state index in [-0.39, 0.29) is 5.97 Å². The zero-order valence-electron chi connectivity index (χ0n) is 18.6. The summed E-state index contributed by atoms with van der Waals surface area (Å²) < 4.78 is 5.64. The third kappa shape index (κ3) is 12.5. The van der Waals surface area contributed by atoms with Crippen LogP contribution in [0.15, 0.2) is 11.6 Å². The molecule has 0 aromatic rings. The van der Waals surface area contributed by atoms with Gasteiger partial charge in [-0.2, -0.15) is 0 Å². The van der Waals surface area contributed by atoms with Crippen LogP contribution in [-0.2, 0) is 9.53 Å². The molecule has 0 aromatic heterocycles. The van der Waals surface area contributed by atoms with Crippen LogP contribution in [0.2, 0.25) is 0 Å². The van der Waals surface area contributed by atoms with Gasteiger partial charge in [0.25, 0.3) is 0 Å². The average Bonchev–Trinajstić information content (AvgIpc) is 2.63. The first-order chi connectivity index (χ1) is 12.5. The number of hydrogen-bond acceptors (Lipinski definition) is 2. The lowest BCUT2D eigenvalue weighted by Crippen LogP contribution is -2.15. The van der Waals surface area contributed by atoms with Gasteiger partial charge in [-0.05, 0) is 50.4 Å². The maximum absolute atomic E-state index is 12.3. The Hall–Kier alpha value is -0.790. The number of carbonyl (C=O) groups is 1. The van der Waals surface area contributed by atoms with Crippen molar-refractivity contribution in [2.45, 2.75) is 112 Å². The molecule has 0 spiro atoms. The van der Waals surface area contributed by atoms with Gasteiger partial charge < -0.3 is 4.74 Å². The first-order valence-electron chi connectivity index (χ1n) is 11.3. The monoisotopic (exact) mass is 366 g/mol. The lowest BCUT2D eigenvalue weighted by molar-refractivity contribution is -0.140. The van der Waals surface area contributed by atoms with E-state index in [2.05, 4.69) is 40.7 Å². The minimum atomic E-state index is -0.111. The molecule has 0 rings (SSSR count). The van der Waals surface area contributed by atoms with E-state index in [1.165, 1.54) is 51.4 Å². The van der Waals surface area contributed by atoms with Gasteiger partial charge in [0.2, 0.25) is 0 Å². The first-order valence-corrected chi connectivity index (χ1v) is 11.3. The van der Waals surface area contributed by atoms with Gasteiger partial charge in [0, 0.05) is 5.57 Å². The molecule has 2 nitrogen and oxygen atoms in total. The van der Waals surface area contributed by atoms with Gasteiger partial charge in [0.15, 0.2) is 0 Å². The second kappa shape index (κ2) is 16.4. The minimum Gasteiger partial charge on any atom is -0.462 e. The van der Waals surface area contributed by atoms with E-state index >= 15 is 0 Å². The van der Waals surface area contributed by atoms with Crippen LogP contribution in [-0.4, -0.2) is 12.6 Å². The van der Waals surface area contributed by atoms with E-state index in [0.717, 1.165) is 30.8 Å². The zero-order valence-corrected chi connectivity index (χ0v) is 18.6. The van der Waals surface area contributed by atoms with Gasteiger partial charge in [0.05, 0.1) is 6.61 Å². The molecular formula is C24H46O2. The van der Waals surface area contributed by atoms with Gasteiger partial charge in [-0.15, -0.1) is 0 Å². The maximum Gasteiger partial charge on any atom is 0.333 e. The van der Waals surface area contributed by atoms with Crippen molar-refractivity contribution in [2.75, 3.05) is 6.61 Å². The van der Waals surface area contributed by atoms with Crippen LogP contribution in [0.4, 0.5) is 0 Å². The highest BCUT2D eigenvalue weighted by atomic mass is 16.5. The minimum absolute atomic E-state index is 0.111. The van der Waals surface area contributed by atoms with Crippen molar-refractivity contribution < 1.29 is 9.53 Å². The lowest BCUT2D eigenvalue weighted by atomic mass is 9.88. The number of hydrogen-bond donors (Lipinski definition) is 0. The van der Waals surface area contributed by atoms with Crippen molar-refractivity contribution in [1.29, 1.82) is 0 Å². The molecule has 0 aliphatic rings. The summed E-state index contributed by atoms with van der Waals surface area (Å²) in [6.45, 7) is 13.8. The molecule has 26 heavy (non-hydrogen) atoms. The molecule has 0 amide bonds. The molecule has 0 N–H and O–H groups in total. The second-order valence-electron chi connectivity index (χ2n) is 8.28. The summed E-state index contributed by atoms with van der Waals surface area (Å²) in [5.41, 5.74) is 0.791. The summed E-state index contributed by atoms with van der Waals surface area (Å²) in [7, 11) is 0. The fourth-order valence-corrected chi connectivity index (χ4v) is 3.61. The molecule has 0 aliphatic carbocycles. The third-order valence-corrected chi connectivity index (χ3v) is 5.57. The van der Waals surface area contributed by atoms with Crippen LogP contribution in [0.5, 0.6) is 0 Å². The number of allylic oxidation sites excluding steroid dienone is 1. The van der Waals surface area contributed by atoms with Crippen LogP contribution < -0.4 is 0 Å². The standard InChI is InChI=1S/C24H46O2/c1-7-11-12-15-23(14-9-3)19-26-24(25)21(6)16-17-22(13-8-2)18-20(5)10-4/h16,20,22-23H,7-15,17-19H2,1-6H3. The first kappa shape index (κ1) is 25.2. The van der Waals surface area contributed by atoms with Crippen LogP contribution in [0.25, 0.3) is 0 Å². The van der Waals surface area contributed by atoms with Crippen molar-refractivity contribution in [3.8, 4) is 0 Å². The number of carbonyl (C=O) groups excluding carboxylic acids is 1. The molecular weight excluding hydrogens is 320 g/mol. The Morgan fingerprint density at radius 1 is 0.923 bits per heavy atom. The molecule has 0 bridgehead atoms. The molecule has 0 fully saturated rings. The highest BCUT2D eigenvalue weighted by molar-refractivity contribution is 5.87. The van der Waals surface area contributed by atoms with Gasteiger partial charge in [-0.25, -0.2) is 4.79 Å². The van der Waals surface area contributed by atoms with E-state index < -0.39 is 0 Å². The molecule has 0 heterocycles. The van der Waals surface area contributed by atoms with Gasteiger partial charge >= 0.3 is 5.97 Å². The molecule has 0 saturated carbocycles.